The maximum Gasteiger partial charge on any atom is 0.0587 e. The zero-order valence-corrected chi connectivity index (χ0v) is 12.6. The van der Waals surface area contributed by atoms with Crippen molar-refractivity contribution in [3.63, 3.8) is 0 Å². The fraction of sp³-hybridized carbons (Fsp3) is 0.571. The molecule has 0 spiro atoms. The van der Waals surface area contributed by atoms with Crippen LogP contribution >= 0.6 is 15.9 Å². The van der Waals surface area contributed by atoms with Gasteiger partial charge in [-0.2, -0.15) is 0 Å². The summed E-state index contributed by atoms with van der Waals surface area (Å²) >= 11 is 3.49. The summed E-state index contributed by atoms with van der Waals surface area (Å²) in [6.45, 7) is 4.88. The van der Waals surface area contributed by atoms with Crippen LogP contribution in [0.1, 0.15) is 12.0 Å². The molecule has 0 saturated heterocycles. The van der Waals surface area contributed by atoms with Crippen molar-refractivity contribution in [1.82, 2.24) is 10.6 Å². The van der Waals surface area contributed by atoms with Gasteiger partial charge in [-0.15, -0.1) is 0 Å². The van der Waals surface area contributed by atoms with Crippen LogP contribution < -0.4 is 10.6 Å². The Labute approximate surface area is 118 Å². The van der Waals surface area contributed by atoms with Crippen molar-refractivity contribution in [3.05, 3.63) is 34.3 Å². The van der Waals surface area contributed by atoms with E-state index in [0.29, 0.717) is 0 Å². The number of hydrogen-bond acceptors (Lipinski definition) is 3. The number of ether oxygens (including phenoxy) is 1. The molecule has 0 amide bonds. The Bertz CT molecular complexity index is 320. The molecule has 18 heavy (non-hydrogen) atoms. The lowest BCUT2D eigenvalue weighted by Crippen LogP contribution is -2.25. The third-order valence-corrected chi connectivity index (χ3v) is 3.16. The smallest absolute Gasteiger partial charge is 0.0587 e. The van der Waals surface area contributed by atoms with Crippen molar-refractivity contribution >= 4 is 15.9 Å². The van der Waals surface area contributed by atoms with Gasteiger partial charge in [-0.1, -0.05) is 28.1 Å². The van der Waals surface area contributed by atoms with Gasteiger partial charge in [0.25, 0.3) is 0 Å². The van der Waals surface area contributed by atoms with Gasteiger partial charge in [-0.25, -0.2) is 0 Å². The van der Waals surface area contributed by atoms with Gasteiger partial charge in [-0.3, -0.25) is 0 Å². The normalized spacial score (nSPS) is 10.8. The Hall–Kier alpha value is -0.420. The van der Waals surface area contributed by atoms with Gasteiger partial charge >= 0.3 is 0 Å². The van der Waals surface area contributed by atoms with Crippen LogP contribution in [-0.2, 0) is 11.2 Å². The second-order valence-electron chi connectivity index (χ2n) is 4.23. The summed E-state index contributed by atoms with van der Waals surface area (Å²) < 4.78 is 6.12. The van der Waals surface area contributed by atoms with Gasteiger partial charge in [-0.05, 0) is 50.2 Å². The molecule has 0 unspecified atom stereocenters. The number of methoxy groups -OCH3 is 1. The monoisotopic (exact) mass is 314 g/mol. The van der Waals surface area contributed by atoms with Crippen molar-refractivity contribution in [1.29, 1.82) is 0 Å². The first-order valence-corrected chi connectivity index (χ1v) is 7.27. The summed E-state index contributed by atoms with van der Waals surface area (Å²) in [5, 5.41) is 6.79. The predicted octanol–water partition coefficient (Wildman–Crippen LogP) is 2.21. The summed E-state index contributed by atoms with van der Waals surface area (Å²) in [4.78, 5) is 0. The average molecular weight is 315 g/mol. The van der Waals surface area contributed by atoms with Crippen molar-refractivity contribution in [2.45, 2.75) is 12.8 Å². The van der Waals surface area contributed by atoms with E-state index in [-0.39, 0.29) is 0 Å². The van der Waals surface area contributed by atoms with E-state index in [9.17, 15) is 0 Å². The van der Waals surface area contributed by atoms with Gasteiger partial charge in [0.15, 0.2) is 0 Å². The first-order chi connectivity index (χ1) is 8.83. The zero-order chi connectivity index (χ0) is 13.1. The minimum Gasteiger partial charge on any atom is -0.383 e. The third-order valence-electron chi connectivity index (χ3n) is 2.67. The number of benzene rings is 1. The topological polar surface area (TPSA) is 33.3 Å². The average Bonchev–Trinajstić information content (AvgIpc) is 2.37. The van der Waals surface area contributed by atoms with Gasteiger partial charge in [0.2, 0.25) is 0 Å². The lowest BCUT2D eigenvalue weighted by Gasteiger charge is -2.06. The Kier molecular flexibility index (Phi) is 9.12. The van der Waals surface area contributed by atoms with Gasteiger partial charge < -0.3 is 15.4 Å². The number of rotatable bonds is 10. The molecule has 0 aromatic heterocycles. The van der Waals surface area contributed by atoms with Crippen LogP contribution in [0.2, 0.25) is 0 Å². The molecule has 0 bridgehead atoms. The number of halogens is 1. The largest absolute Gasteiger partial charge is 0.383 e. The second-order valence-corrected chi connectivity index (χ2v) is 5.14. The fourth-order valence-electron chi connectivity index (χ4n) is 1.69. The molecule has 0 radical (unpaired) electrons. The summed E-state index contributed by atoms with van der Waals surface area (Å²) in [6, 6.07) is 8.48. The van der Waals surface area contributed by atoms with Crippen molar-refractivity contribution in [2.24, 2.45) is 0 Å². The van der Waals surface area contributed by atoms with Crippen LogP contribution in [0.25, 0.3) is 0 Å². The summed E-state index contributed by atoms with van der Waals surface area (Å²) in [5.41, 5.74) is 1.37. The quantitative estimate of drug-likeness (QED) is 0.650. The second kappa shape index (κ2) is 10.5. The highest BCUT2D eigenvalue weighted by molar-refractivity contribution is 9.10. The highest BCUT2D eigenvalue weighted by atomic mass is 79.9. The van der Waals surface area contributed by atoms with Crippen LogP contribution in [0.4, 0.5) is 0 Å². The van der Waals surface area contributed by atoms with Crippen molar-refractivity contribution < 1.29 is 4.74 Å². The van der Waals surface area contributed by atoms with E-state index in [1.54, 1.807) is 7.11 Å². The van der Waals surface area contributed by atoms with Gasteiger partial charge in [0.1, 0.15) is 0 Å². The standard InChI is InChI=1S/C14H23BrN2O/c1-18-11-10-17-8-3-7-16-9-6-13-4-2-5-14(15)12-13/h2,4-5,12,16-17H,3,6-11H2,1H3. The van der Waals surface area contributed by atoms with E-state index in [0.717, 1.165) is 50.1 Å². The molecule has 1 aromatic carbocycles. The minimum atomic E-state index is 0.788. The van der Waals surface area contributed by atoms with E-state index in [1.165, 1.54) is 5.56 Å². The Morgan fingerprint density at radius 1 is 1.11 bits per heavy atom. The molecular weight excluding hydrogens is 292 g/mol. The van der Waals surface area contributed by atoms with Crippen molar-refractivity contribution in [2.75, 3.05) is 39.9 Å². The zero-order valence-electron chi connectivity index (χ0n) is 11.0. The SMILES string of the molecule is COCCNCCCNCCc1cccc(Br)c1. The summed E-state index contributed by atoms with van der Waals surface area (Å²) in [7, 11) is 1.73. The maximum absolute atomic E-state index is 4.96. The van der Waals surface area contributed by atoms with E-state index in [1.807, 2.05) is 0 Å². The maximum atomic E-state index is 4.96. The van der Waals surface area contributed by atoms with E-state index < -0.39 is 0 Å². The van der Waals surface area contributed by atoms with E-state index >= 15 is 0 Å². The molecule has 0 aliphatic heterocycles. The Morgan fingerprint density at radius 2 is 1.89 bits per heavy atom. The Balaban J connectivity index is 1.92. The molecule has 1 aromatic rings. The molecule has 0 aliphatic rings. The minimum absolute atomic E-state index is 0.788. The molecule has 0 atom stereocenters. The van der Waals surface area contributed by atoms with E-state index in [2.05, 4.69) is 50.8 Å². The summed E-state index contributed by atoms with van der Waals surface area (Å²) in [5.74, 6) is 0. The summed E-state index contributed by atoms with van der Waals surface area (Å²) in [6.07, 6.45) is 2.23. The molecule has 0 heterocycles. The predicted molar refractivity (Wildman–Crippen MR) is 80.1 cm³/mol. The molecule has 3 nitrogen and oxygen atoms in total. The highest BCUT2D eigenvalue weighted by Crippen LogP contribution is 2.11. The van der Waals surface area contributed by atoms with Crippen LogP contribution in [0.3, 0.4) is 0 Å². The van der Waals surface area contributed by atoms with Crippen molar-refractivity contribution in [3.8, 4) is 0 Å². The third kappa shape index (κ3) is 7.82. The first-order valence-electron chi connectivity index (χ1n) is 6.48. The van der Waals surface area contributed by atoms with Crippen LogP contribution in [0.5, 0.6) is 0 Å². The van der Waals surface area contributed by atoms with Crippen LogP contribution in [0.15, 0.2) is 28.7 Å². The van der Waals surface area contributed by atoms with Gasteiger partial charge in [0, 0.05) is 18.1 Å². The van der Waals surface area contributed by atoms with Crippen LogP contribution in [0, 0.1) is 0 Å². The van der Waals surface area contributed by atoms with E-state index in [4.69, 9.17) is 4.74 Å². The van der Waals surface area contributed by atoms with Crippen LogP contribution in [-0.4, -0.2) is 39.9 Å². The lowest BCUT2D eigenvalue weighted by molar-refractivity contribution is 0.199. The molecule has 102 valence electrons. The molecule has 0 aliphatic carbocycles. The molecule has 4 heteroatoms. The molecular formula is C14H23BrN2O. The number of hydrogen-bond donors (Lipinski definition) is 2. The molecule has 0 fully saturated rings. The lowest BCUT2D eigenvalue weighted by atomic mass is 10.1. The molecule has 2 N–H and O–H groups in total. The molecule has 0 saturated carbocycles. The van der Waals surface area contributed by atoms with Gasteiger partial charge in [0.05, 0.1) is 6.61 Å². The highest BCUT2D eigenvalue weighted by Gasteiger charge is 1.94. The first kappa shape index (κ1) is 15.6. The Morgan fingerprint density at radius 3 is 2.61 bits per heavy atom. The number of nitrogens with one attached hydrogen (secondary N) is 2. The fourth-order valence-corrected chi connectivity index (χ4v) is 2.13. The molecule has 1 rings (SSSR count).